The Hall–Kier alpha value is -0.580. The molecule has 0 spiro atoms. The quantitative estimate of drug-likeness (QED) is 0.751. The highest BCUT2D eigenvalue weighted by atomic mass is 35.5. The lowest BCUT2D eigenvalue weighted by Crippen LogP contribution is -2.20. The Labute approximate surface area is 114 Å². The molecule has 104 valence electrons. The van der Waals surface area contributed by atoms with E-state index in [1.165, 1.54) is 0 Å². The van der Waals surface area contributed by atoms with Crippen LogP contribution < -0.4 is 5.32 Å². The first-order valence-corrected chi connectivity index (χ1v) is 6.95. The van der Waals surface area contributed by atoms with Crippen LogP contribution in [0.2, 0.25) is 5.15 Å². The molecule has 18 heavy (non-hydrogen) atoms. The minimum atomic E-state index is -0.216. The smallest absolute Gasteiger partial charge is 0.131 e. The minimum absolute atomic E-state index is 0.216. The molecule has 4 nitrogen and oxygen atoms in total. The van der Waals surface area contributed by atoms with Crippen LogP contribution in [0.15, 0.2) is 0 Å². The number of hydrogen-bond donors (Lipinski definition) is 2. The fourth-order valence-corrected chi connectivity index (χ4v) is 2.08. The summed E-state index contributed by atoms with van der Waals surface area (Å²) in [5.41, 5.74) is 2.12. The van der Waals surface area contributed by atoms with Crippen molar-refractivity contribution in [2.75, 3.05) is 6.54 Å². The standard InChI is InChI=1S/C13H24ClN3O/c1-5-10(18)6-7-15-8-11-12(9(2)3)16-17(4)13(11)14/h9-10,15,18H,5-8H2,1-4H3. The fourth-order valence-electron chi connectivity index (χ4n) is 1.88. The molecular formula is C13H24ClN3O. The molecule has 1 heterocycles. The molecule has 2 N–H and O–H groups in total. The molecule has 1 atom stereocenters. The van der Waals surface area contributed by atoms with E-state index in [1.807, 2.05) is 14.0 Å². The molecule has 1 aromatic rings. The number of hydrogen-bond acceptors (Lipinski definition) is 3. The highest BCUT2D eigenvalue weighted by molar-refractivity contribution is 6.30. The Morgan fingerprint density at radius 2 is 2.11 bits per heavy atom. The lowest BCUT2D eigenvalue weighted by Gasteiger charge is -2.10. The highest BCUT2D eigenvalue weighted by Gasteiger charge is 2.16. The maximum Gasteiger partial charge on any atom is 0.131 e. The first-order chi connectivity index (χ1) is 8.47. The summed E-state index contributed by atoms with van der Waals surface area (Å²) in [7, 11) is 1.86. The molecule has 0 aliphatic carbocycles. The van der Waals surface area contributed by atoms with Crippen LogP contribution in [0.1, 0.15) is 50.8 Å². The van der Waals surface area contributed by atoms with Crippen molar-refractivity contribution in [3.8, 4) is 0 Å². The number of aryl methyl sites for hydroxylation is 1. The number of aliphatic hydroxyl groups is 1. The lowest BCUT2D eigenvalue weighted by molar-refractivity contribution is 0.159. The predicted molar refractivity (Wildman–Crippen MR) is 74.9 cm³/mol. The zero-order valence-electron chi connectivity index (χ0n) is 11.7. The van der Waals surface area contributed by atoms with Gasteiger partial charge in [0, 0.05) is 19.2 Å². The molecule has 0 aliphatic heterocycles. The molecule has 0 amide bonds. The second-order valence-electron chi connectivity index (χ2n) is 4.96. The van der Waals surface area contributed by atoms with Gasteiger partial charge in [-0.1, -0.05) is 32.4 Å². The number of rotatable bonds is 7. The third-order valence-corrected chi connectivity index (χ3v) is 3.55. The van der Waals surface area contributed by atoms with Crippen molar-refractivity contribution >= 4 is 11.6 Å². The first kappa shape index (κ1) is 15.5. The molecule has 1 aromatic heterocycles. The summed E-state index contributed by atoms with van der Waals surface area (Å²) in [5.74, 6) is 0.363. The Morgan fingerprint density at radius 1 is 1.44 bits per heavy atom. The minimum Gasteiger partial charge on any atom is -0.393 e. The van der Waals surface area contributed by atoms with E-state index in [0.717, 1.165) is 30.6 Å². The summed E-state index contributed by atoms with van der Waals surface area (Å²) in [6.07, 6.45) is 1.35. The topological polar surface area (TPSA) is 50.1 Å². The van der Waals surface area contributed by atoms with Crippen molar-refractivity contribution in [1.29, 1.82) is 0 Å². The zero-order chi connectivity index (χ0) is 13.7. The lowest BCUT2D eigenvalue weighted by atomic mass is 10.1. The van der Waals surface area contributed by atoms with E-state index in [4.69, 9.17) is 11.6 Å². The normalized spacial score (nSPS) is 13.3. The number of nitrogens with one attached hydrogen (secondary N) is 1. The second-order valence-corrected chi connectivity index (χ2v) is 5.32. The van der Waals surface area contributed by atoms with E-state index in [9.17, 15) is 5.11 Å². The van der Waals surface area contributed by atoms with Crippen LogP contribution in [0.3, 0.4) is 0 Å². The van der Waals surface area contributed by atoms with Crippen molar-refractivity contribution in [3.05, 3.63) is 16.4 Å². The monoisotopic (exact) mass is 273 g/mol. The largest absolute Gasteiger partial charge is 0.393 e. The maximum atomic E-state index is 9.47. The molecule has 0 aliphatic rings. The molecule has 0 saturated carbocycles. The van der Waals surface area contributed by atoms with Gasteiger partial charge in [-0.15, -0.1) is 0 Å². The van der Waals surface area contributed by atoms with Gasteiger partial charge < -0.3 is 10.4 Å². The van der Waals surface area contributed by atoms with Crippen molar-refractivity contribution in [2.24, 2.45) is 7.05 Å². The van der Waals surface area contributed by atoms with Gasteiger partial charge in [0.05, 0.1) is 11.8 Å². The van der Waals surface area contributed by atoms with E-state index in [0.29, 0.717) is 17.6 Å². The van der Waals surface area contributed by atoms with Crippen molar-refractivity contribution in [3.63, 3.8) is 0 Å². The van der Waals surface area contributed by atoms with Crippen LogP contribution in [0.4, 0.5) is 0 Å². The van der Waals surface area contributed by atoms with Crippen LogP contribution in [-0.2, 0) is 13.6 Å². The fraction of sp³-hybridized carbons (Fsp3) is 0.769. The zero-order valence-corrected chi connectivity index (χ0v) is 12.5. The Kier molecular flexibility index (Phi) is 6.12. The summed E-state index contributed by atoms with van der Waals surface area (Å²) in [6.45, 7) is 7.71. The molecule has 5 heteroatoms. The van der Waals surface area contributed by atoms with Crippen molar-refractivity contribution < 1.29 is 5.11 Å². The van der Waals surface area contributed by atoms with Crippen molar-refractivity contribution in [2.45, 2.75) is 52.2 Å². The molecule has 0 fully saturated rings. The van der Waals surface area contributed by atoms with Gasteiger partial charge in [-0.3, -0.25) is 4.68 Å². The number of halogens is 1. The molecular weight excluding hydrogens is 250 g/mol. The maximum absolute atomic E-state index is 9.47. The molecule has 0 saturated heterocycles. The number of nitrogens with zero attached hydrogens (tertiary/aromatic N) is 2. The van der Waals surface area contributed by atoms with E-state index in [1.54, 1.807) is 4.68 Å². The Balaban J connectivity index is 2.56. The molecule has 1 rings (SSSR count). The van der Waals surface area contributed by atoms with Gasteiger partial charge in [-0.05, 0) is 25.3 Å². The summed E-state index contributed by atoms with van der Waals surface area (Å²) >= 11 is 6.24. The van der Waals surface area contributed by atoms with Gasteiger partial charge in [0.1, 0.15) is 5.15 Å². The van der Waals surface area contributed by atoms with Crippen LogP contribution in [-0.4, -0.2) is 27.5 Å². The van der Waals surface area contributed by atoms with Gasteiger partial charge in [-0.25, -0.2) is 0 Å². The molecule has 0 bridgehead atoms. The Bertz CT molecular complexity index is 377. The molecule has 0 radical (unpaired) electrons. The van der Waals surface area contributed by atoms with Gasteiger partial charge in [0.25, 0.3) is 0 Å². The van der Waals surface area contributed by atoms with Gasteiger partial charge >= 0.3 is 0 Å². The SMILES string of the molecule is CCC(O)CCNCc1c(C(C)C)nn(C)c1Cl. The third-order valence-electron chi connectivity index (χ3n) is 3.07. The van der Waals surface area contributed by atoms with Crippen LogP contribution in [0.5, 0.6) is 0 Å². The summed E-state index contributed by atoms with van der Waals surface area (Å²) < 4.78 is 1.72. The third kappa shape index (κ3) is 3.97. The molecule has 1 unspecified atom stereocenters. The van der Waals surface area contributed by atoms with E-state index in [-0.39, 0.29) is 6.10 Å². The average Bonchev–Trinajstić information content (AvgIpc) is 2.62. The van der Waals surface area contributed by atoms with Crippen LogP contribution in [0, 0.1) is 0 Å². The van der Waals surface area contributed by atoms with E-state index in [2.05, 4.69) is 24.3 Å². The van der Waals surface area contributed by atoms with Crippen LogP contribution >= 0.6 is 11.6 Å². The van der Waals surface area contributed by atoms with E-state index >= 15 is 0 Å². The number of aromatic nitrogens is 2. The van der Waals surface area contributed by atoms with Crippen LogP contribution in [0.25, 0.3) is 0 Å². The highest BCUT2D eigenvalue weighted by Crippen LogP contribution is 2.24. The van der Waals surface area contributed by atoms with Gasteiger partial charge in [-0.2, -0.15) is 5.10 Å². The molecule has 0 aromatic carbocycles. The second kappa shape index (κ2) is 7.12. The van der Waals surface area contributed by atoms with Crippen molar-refractivity contribution in [1.82, 2.24) is 15.1 Å². The summed E-state index contributed by atoms with van der Waals surface area (Å²) in [6, 6.07) is 0. The Morgan fingerprint density at radius 3 is 2.67 bits per heavy atom. The summed E-state index contributed by atoms with van der Waals surface area (Å²) in [4.78, 5) is 0. The predicted octanol–water partition coefficient (Wildman–Crippen LogP) is 2.45. The van der Waals surface area contributed by atoms with E-state index < -0.39 is 0 Å². The van der Waals surface area contributed by atoms with Gasteiger partial charge in [0.15, 0.2) is 0 Å². The number of aliphatic hydroxyl groups excluding tert-OH is 1. The first-order valence-electron chi connectivity index (χ1n) is 6.57. The van der Waals surface area contributed by atoms with Gasteiger partial charge in [0.2, 0.25) is 0 Å². The summed E-state index contributed by atoms with van der Waals surface area (Å²) in [5, 5.41) is 17.9. The average molecular weight is 274 g/mol.